The Morgan fingerprint density at radius 3 is 1.09 bits per heavy atom. The number of benzene rings is 16. The van der Waals surface area contributed by atoms with Gasteiger partial charge in [-0.15, -0.1) is 0 Å². The molecule has 5 nitrogen and oxygen atoms in total. The summed E-state index contributed by atoms with van der Waals surface area (Å²) in [6, 6.07) is 155. The van der Waals surface area contributed by atoms with Gasteiger partial charge in [-0.25, -0.2) is 8.78 Å². The summed E-state index contributed by atoms with van der Waals surface area (Å²) in [7, 11) is 0. The molecule has 0 N–H and O–H groups in total. The summed E-state index contributed by atoms with van der Waals surface area (Å²) in [5.41, 5.74) is 48.4. The molecule has 5 aromatic heterocycles. The van der Waals surface area contributed by atoms with Gasteiger partial charge in [-0.05, 0) is 278 Å². The van der Waals surface area contributed by atoms with Crippen molar-refractivity contribution in [3.05, 3.63) is 592 Å². The lowest BCUT2D eigenvalue weighted by Crippen LogP contribution is -2.26. The molecule has 684 valence electrons. The van der Waals surface area contributed by atoms with Crippen LogP contribution in [0.1, 0.15) is 114 Å². The Morgan fingerprint density at radius 1 is 0.206 bits per heavy atom. The van der Waals surface area contributed by atoms with Gasteiger partial charge in [-0.2, -0.15) is 0 Å². The highest BCUT2D eigenvalue weighted by molar-refractivity contribution is 6.00. The summed E-state index contributed by atoms with van der Waals surface area (Å²) >= 11 is 0. The maximum Gasteiger partial charge on any atom is 0.123 e. The van der Waals surface area contributed by atoms with Gasteiger partial charge < -0.3 is 0 Å². The Labute approximate surface area is 828 Å². The number of nitrogens with zero attached hydrogens (tertiary/aromatic N) is 5. The van der Waals surface area contributed by atoms with Crippen LogP contribution in [-0.4, -0.2) is 24.9 Å². The molecule has 5 aliphatic carbocycles. The molecule has 141 heavy (non-hydrogen) atoms. The maximum absolute atomic E-state index is 14.5. The van der Waals surface area contributed by atoms with Crippen molar-refractivity contribution < 1.29 is 8.78 Å². The van der Waals surface area contributed by atoms with Gasteiger partial charge in [0.15, 0.2) is 0 Å². The summed E-state index contributed by atoms with van der Waals surface area (Å²) < 4.78 is 27.9. The van der Waals surface area contributed by atoms with Gasteiger partial charge in [-0.3, -0.25) is 24.9 Å². The number of hydrogen-bond donors (Lipinski definition) is 0. The zero-order valence-corrected chi connectivity index (χ0v) is 81.1. The van der Waals surface area contributed by atoms with Gasteiger partial charge in [0.25, 0.3) is 0 Å². The average molecular weight is 1830 g/mol. The third-order valence-electron chi connectivity index (χ3n) is 27.5. The van der Waals surface area contributed by atoms with Crippen LogP contribution < -0.4 is 0 Å². The van der Waals surface area contributed by atoms with E-state index < -0.39 is 5.41 Å². The zero-order chi connectivity index (χ0) is 97.1. The summed E-state index contributed by atoms with van der Waals surface area (Å²) in [4.78, 5) is 21.5. The van der Waals surface area contributed by atoms with Crippen molar-refractivity contribution in [2.75, 3.05) is 0 Å². The van der Waals surface area contributed by atoms with Crippen molar-refractivity contribution in [1.82, 2.24) is 24.9 Å². The molecule has 7 heteroatoms. The van der Waals surface area contributed by atoms with E-state index in [2.05, 4.69) is 378 Å². The van der Waals surface area contributed by atoms with Crippen LogP contribution in [0.5, 0.6) is 0 Å². The highest BCUT2D eigenvalue weighted by Crippen LogP contribution is 2.66. The topological polar surface area (TPSA) is 64.5 Å². The Morgan fingerprint density at radius 2 is 0.589 bits per heavy atom. The summed E-state index contributed by atoms with van der Waals surface area (Å²) in [5, 5.41) is 0. The number of rotatable bonds is 6. The molecule has 0 saturated carbocycles. The van der Waals surface area contributed by atoms with E-state index >= 15 is 0 Å². The van der Waals surface area contributed by atoms with Crippen LogP contribution in [-0.2, 0) is 16.2 Å². The fourth-order valence-electron chi connectivity index (χ4n) is 20.8. The third-order valence-corrected chi connectivity index (χ3v) is 27.5. The molecule has 0 saturated heterocycles. The first-order valence-electron chi connectivity index (χ1n) is 48.3. The minimum absolute atomic E-state index is 0.0984. The van der Waals surface area contributed by atoms with Gasteiger partial charge >= 0.3 is 0 Å². The summed E-state index contributed by atoms with van der Waals surface area (Å²) in [5.74, 6) is -0.333. The van der Waals surface area contributed by atoms with Crippen LogP contribution in [0, 0.1) is 67.0 Å². The highest BCUT2D eigenvalue weighted by atomic mass is 19.1. The predicted octanol–water partition coefficient (Wildman–Crippen LogP) is 34.2. The monoisotopic (exact) mass is 1830 g/mol. The summed E-state index contributed by atoms with van der Waals surface area (Å²) in [6.07, 6.45) is 9.23. The van der Waals surface area contributed by atoms with E-state index in [4.69, 9.17) is 0 Å². The van der Waals surface area contributed by atoms with Crippen LogP contribution in [0.3, 0.4) is 0 Å². The molecular formula is C134H109F2N5. The van der Waals surface area contributed by atoms with Gasteiger partial charge in [-0.1, -0.05) is 413 Å². The lowest BCUT2D eigenvalue weighted by Gasteiger charge is -2.32. The smallest absolute Gasteiger partial charge is 0.123 e. The van der Waals surface area contributed by atoms with Crippen molar-refractivity contribution in [3.63, 3.8) is 0 Å². The molecule has 2 spiro atoms. The minimum Gasteiger partial charge on any atom is -0.264 e. The third kappa shape index (κ3) is 18.8. The van der Waals surface area contributed by atoms with E-state index in [0.29, 0.717) is 0 Å². The molecule has 21 aromatic rings. The Hall–Kier alpha value is -16.9. The molecular weight excluding hydrogens is 1720 g/mol. The molecule has 0 bridgehead atoms. The molecule has 26 rings (SSSR count). The first-order valence-corrected chi connectivity index (χ1v) is 48.3. The lowest BCUT2D eigenvalue weighted by atomic mass is 9.68. The van der Waals surface area contributed by atoms with Crippen LogP contribution in [0.15, 0.2) is 480 Å². The molecule has 0 unspecified atom stereocenters. The Kier molecular flexibility index (Phi) is 27.2. The average Bonchev–Trinajstić information content (AvgIpc) is 1.51. The van der Waals surface area contributed by atoms with Crippen LogP contribution in [0.4, 0.5) is 8.78 Å². The molecule has 0 radical (unpaired) electrons. The number of aromatic nitrogens is 5. The van der Waals surface area contributed by atoms with Crippen LogP contribution in [0.25, 0.3) is 123 Å². The largest absolute Gasteiger partial charge is 0.264 e. The second kappa shape index (κ2) is 41.2. The number of halogens is 2. The van der Waals surface area contributed by atoms with Crippen LogP contribution in [0.2, 0.25) is 0 Å². The predicted molar refractivity (Wildman–Crippen MR) is 581 cm³/mol. The van der Waals surface area contributed by atoms with Crippen molar-refractivity contribution in [2.24, 2.45) is 0 Å². The second-order valence-corrected chi connectivity index (χ2v) is 37.2. The van der Waals surface area contributed by atoms with E-state index in [0.717, 1.165) is 45.2 Å². The highest BCUT2D eigenvalue weighted by Gasteiger charge is 2.54. The van der Waals surface area contributed by atoms with Crippen molar-refractivity contribution in [1.29, 1.82) is 0 Å². The second-order valence-electron chi connectivity index (χ2n) is 37.2. The van der Waals surface area contributed by atoms with E-state index in [1.54, 1.807) is 30.5 Å². The van der Waals surface area contributed by atoms with Gasteiger partial charge in [0.1, 0.15) is 11.6 Å². The van der Waals surface area contributed by atoms with Gasteiger partial charge in [0.2, 0.25) is 0 Å². The maximum atomic E-state index is 14.5. The van der Waals surface area contributed by atoms with Gasteiger partial charge in [0.05, 0.1) is 33.6 Å². The quantitative estimate of drug-likeness (QED) is 0.166. The fourth-order valence-corrected chi connectivity index (χ4v) is 20.8. The normalized spacial score (nSPS) is 12.4. The van der Waals surface area contributed by atoms with E-state index in [1.807, 2.05) is 166 Å². The molecule has 5 heterocycles. The van der Waals surface area contributed by atoms with Crippen LogP contribution >= 0.6 is 0 Å². The number of hydrogen-bond acceptors (Lipinski definition) is 5. The van der Waals surface area contributed by atoms with E-state index in [9.17, 15) is 8.78 Å². The van der Waals surface area contributed by atoms with E-state index in [1.165, 1.54) is 178 Å². The number of aryl methyl sites for hydroxylation is 8. The first-order chi connectivity index (χ1) is 68.8. The fraction of sp³-hybridized carbons (Fsp3) is 0.0970. The first kappa shape index (κ1) is 93.2. The Balaban J connectivity index is 0.000000106. The molecule has 0 amide bonds. The molecule has 5 aliphatic rings. The van der Waals surface area contributed by atoms with Crippen molar-refractivity contribution in [2.45, 2.75) is 85.5 Å². The number of pyridine rings is 5. The standard InChI is InChI=1S/C32H22.C26H17F.C16H15F.5C12H11N/c1-21-11-2-3-12-22(21)26-16-10-17-27-25-15-6-9-20-30(25)32(31(26)27)28-18-7-4-13-23(28)24-14-5-8-19-29(24)32;1-16-10-12-20-21-13-11-17(27)15-25(21)26(24(20)14-16)22-8-4-2-6-18(22)19-7-3-5-9-23(19)26;1-10-4-6-12-13-7-5-11(17)9-15(13)16(2,3)14(12)8-10;1-10-4-6-11(7-5-10)12-3-2-8-13-9-12;1-10-6-5-9-13-12(10)11-7-3-2-4-8-11;1-10-6-5-9-12(13-10)11-7-3-2-4-8-11;1-10-7-8-13-12(9-10)11-5-3-2-4-6-11;1-10-7-8-12(13-9-10)11-5-3-2-4-6-11/h2-20H,1H3;2-15H,1H3;4-9H,1-3H3;5*2-9H,1H3. The number of fused-ring (bicyclic) bond motifs is 23. The van der Waals surface area contributed by atoms with Gasteiger partial charge in [0, 0.05) is 64.3 Å². The zero-order valence-electron chi connectivity index (χ0n) is 81.1. The molecule has 0 aliphatic heterocycles. The Bertz CT molecular complexity index is 7660. The van der Waals surface area contributed by atoms with Crippen molar-refractivity contribution >= 4 is 0 Å². The summed E-state index contributed by atoms with van der Waals surface area (Å²) in [6.45, 7) is 21.1. The molecule has 0 atom stereocenters. The molecule has 16 aromatic carbocycles. The lowest BCUT2D eigenvalue weighted by molar-refractivity contribution is 0.609. The van der Waals surface area contributed by atoms with E-state index in [-0.39, 0.29) is 22.5 Å². The molecule has 0 fully saturated rings. The van der Waals surface area contributed by atoms with Crippen molar-refractivity contribution in [3.8, 4) is 123 Å². The minimum atomic E-state index is -0.439. The SMILES string of the molecule is Cc1ccc(-c2ccccc2)nc1.Cc1ccc(-c2cccnc2)cc1.Cc1ccc2c(c1)C(C)(C)c1cc(F)ccc1-2.Cc1ccc2c(c1)C1(c3ccccc3-c3ccccc31)c1cc(F)ccc1-2.Cc1cccc(-c2ccccc2)n1.Cc1ccccc1-c1cccc2c1C1(c3ccccc3-c3ccccc31)c1ccccc1-2.Cc1cccnc1-c1ccccc1.Cc1ccnc(-c2ccccc2)c1.